The quantitative estimate of drug-likeness (QED) is 0.734. The molecule has 1 aliphatic heterocycles. The topological polar surface area (TPSA) is 20.3 Å². The maximum absolute atomic E-state index is 12.1. The lowest BCUT2D eigenvalue weighted by Crippen LogP contribution is -2.40. The average molecular weight is 308 g/mol. The largest absolute Gasteiger partial charge is 0.485 e. The van der Waals surface area contributed by atoms with E-state index in [4.69, 9.17) is 0 Å². The molecule has 1 unspecified atom stereocenters. The second kappa shape index (κ2) is 5.63. The van der Waals surface area contributed by atoms with Crippen LogP contribution in [-0.4, -0.2) is 32.4 Å². The van der Waals surface area contributed by atoms with Crippen molar-refractivity contribution in [1.29, 1.82) is 0 Å². The molecule has 1 rings (SSSR count). The van der Waals surface area contributed by atoms with Gasteiger partial charge >= 0.3 is 5.51 Å². The fraction of sp³-hybridized carbons (Fsp3) is 1.00. The maximum Gasteiger partial charge on any atom is 0.485 e. The SMILES string of the molecule is O=S(N1CCC(CCBr)CC1)C(F)(F)F. The van der Waals surface area contributed by atoms with Gasteiger partial charge in [0.05, 0.1) is 0 Å². The summed E-state index contributed by atoms with van der Waals surface area (Å²) in [6.07, 6.45) is 2.38. The van der Waals surface area contributed by atoms with Gasteiger partial charge in [-0.3, -0.25) is 0 Å². The molecular formula is C8H13BrF3NOS. The van der Waals surface area contributed by atoms with Crippen molar-refractivity contribution in [2.24, 2.45) is 5.92 Å². The van der Waals surface area contributed by atoms with Crippen LogP contribution in [0.3, 0.4) is 0 Å². The smallest absolute Gasteiger partial charge is 0.233 e. The van der Waals surface area contributed by atoms with Crippen LogP contribution in [0.1, 0.15) is 19.3 Å². The molecule has 0 saturated carbocycles. The molecule has 0 spiro atoms. The number of nitrogens with zero attached hydrogens (tertiary/aromatic N) is 1. The molecule has 0 amide bonds. The van der Waals surface area contributed by atoms with Crippen molar-refractivity contribution in [3.8, 4) is 0 Å². The van der Waals surface area contributed by atoms with Crippen LogP contribution in [0.25, 0.3) is 0 Å². The van der Waals surface area contributed by atoms with Gasteiger partial charge in [-0.15, -0.1) is 0 Å². The van der Waals surface area contributed by atoms with Crippen molar-refractivity contribution in [3.63, 3.8) is 0 Å². The standard InChI is InChI=1S/C8H13BrF3NOS/c9-4-1-7-2-5-13(6-3-7)15(14)8(10,11)12/h7H,1-6H2. The minimum Gasteiger partial charge on any atom is -0.233 e. The summed E-state index contributed by atoms with van der Waals surface area (Å²) >= 11 is 3.31. The molecule has 0 bridgehead atoms. The van der Waals surface area contributed by atoms with E-state index in [9.17, 15) is 17.4 Å². The lowest BCUT2D eigenvalue weighted by molar-refractivity contribution is -0.0435. The van der Waals surface area contributed by atoms with E-state index in [1.807, 2.05) is 0 Å². The summed E-state index contributed by atoms with van der Waals surface area (Å²) in [5.41, 5.74) is -4.61. The first-order chi connectivity index (χ1) is 6.95. The van der Waals surface area contributed by atoms with Crippen LogP contribution in [0.4, 0.5) is 13.2 Å². The Bertz CT molecular complexity index is 228. The Hall–Kier alpha value is 0.380. The van der Waals surface area contributed by atoms with Crippen molar-refractivity contribution in [3.05, 3.63) is 0 Å². The van der Waals surface area contributed by atoms with E-state index in [1.54, 1.807) is 0 Å². The summed E-state index contributed by atoms with van der Waals surface area (Å²) in [4.78, 5) is 0. The molecule has 1 fully saturated rings. The lowest BCUT2D eigenvalue weighted by atomic mass is 9.96. The molecule has 1 aliphatic rings. The highest BCUT2D eigenvalue weighted by Crippen LogP contribution is 2.28. The molecule has 1 heterocycles. The van der Waals surface area contributed by atoms with Crippen LogP contribution < -0.4 is 0 Å². The zero-order chi connectivity index (χ0) is 11.5. The zero-order valence-corrected chi connectivity index (χ0v) is 10.5. The Morgan fingerprint density at radius 1 is 1.33 bits per heavy atom. The third-order valence-corrected chi connectivity index (χ3v) is 4.21. The monoisotopic (exact) mass is 307 g/mol. The van der Waals surface area contributed by atoms with Gasteiger partial charge in [0, 0.05) is 18.4 Å². The van der Waals surface area contributed by atoms with E-state index in [2.05, 4.69) is 15.9 Å². The molecular weight excluding hydrogens is 295 g/mol. The highest BCUT2D eigenvalue weighted by Gasteiger charge is 2.42. The van der Waals surface area contributed by atoms with Crippen molar-refractivity contribution in [2.45, 2.75) is 24.8 Å². The van der Waals surface area contributed by atoms with E-state index in [-0.39, 0.29) is 13.1 Å². The first kappa shape index (κ1) is 13.4. The zero-order valence-electron chi connectivity index (χ0n) is 8.10. The summed E-state index contributed by atoms with van der Waals surface area (Å²) in [5.74, 6) is 0.464. The molecule has 0 aromatic rings. The lowest BCUT2D eigenvalue weighted by Gasteiger charge is -2.30. The molecule has 90 valence electrons. The van der Waals surface area contributed by atoms with Gasteiger partial charge < -0.3 is 0 Å². The second-order valence-electron chi connectivity index (χ2n) is 3.54. The number of hydrogen-bond acceptors (Lipinski definition) is 1. The number of rotatable bonds is 3. The molecule has 0 radical (unpaired) electrons. The summed E-state index contributed by atoms with van der Waals surface area (Å²) < 4.78 is 48.4. The predicted molar refractivity (Wildman–Crippen MR) is 56.9 cm³/mol. The predicted octanol–water partition coefficient (Wildman–Crippen LogP) is 2.67. The summed E-state index contributed by atoms with van der Waals surface area (Å²) in [5, 5.41) is 0.875. The number of piperidine rings is 1. The summed E-state index contributed by atoms with van der Waals surface area (Å²) in [6.45, 7) is 0.563. The fourth-order valence-corrected chi connectivity index (χ4v) is 3.15. The fourth-order valence-electron chi connectivity index (χ4n) is 1.66. The number of alkyl halides is 4. The van der Waals surface area contributed by atoms with Crippen LogP contribution in [0.5, 0.6) is 0 Å². The van der Waals surface area contributed by atoms with Crippen LogP contribution in [0, 0.1) is 5.92 Å². The van der Waals surface area contributed by atoms with Gasteiger partial charge in [-0.05, 0) is 25.2 Å². The van der Waals surface area contributed by atoms with Crippen LogP contribution in [-0.2, 0) is 11.0 Å². The molecule has 7 heteroatoms. The van der Waals surface area contributed by atoms with E-state index in [1.165, 1.54) is 0 Å². The number of hydrogen-bond donors (Lipinski definition) is 0. The first-order valence-corrected chi connectivity index (χ1v) is 6.97. The summed E-state index contributed by atoms with van der Waals surface area (Å²) in [6, 6.07) is 0. The molecule has 0 aromatic carbocycles. The molecule has 0 N–H and O–H groups in total. The second-order valence-corrected chi connectivity index (χ2v) is 5.82. The molecule has 0 aliphatic carbocycles. The Morgan fingerprint density at radius 2 is 1.87 bits per heavy atom. The Balaban J connectivity index is 2.41. The molecule has 0 aromatic heterocycles. The Morgan fingerprint density at radius 3 is 2.27 bits per heavy atom. The van der Waals surface area contributed by atoms with Gasteiger partial charge in [-0.25, -0.2) is 8.51 Å². The maximum atomic E-state index is 12.1. The van der Waals surface area contributed by atoms with Gasteiger partial charge in [-0.2, -0.15) is 13.2 Å². The molecule has 15 heavy (non-hydrogen) atoms. The van der Waals surface area contributed by atoms with Crippen molar-refractivity contribution >= 4 is 26.9 Å². The van der Waals surface area contributed by atoms with Gasteiger partial charge in [0.15, 0.2) is 0 Å². The van der Waals surface area contributed by atoms with Crippen molar-refractivity contribution in [1.82, 2.24) is 4.31 Å². The molecule has 2 nitrogen and oxygen atoms in total. The molecule has 1 saturated heterocycles. The van der Waals surface area contributed by atoms with E-state index in [0.29, 0.717) is 18.8 Å². The van der Waals surface area contributed by atoms with Crippen LogP contribution >= 0.6 is 15.9 Å². The van der Waals surface area contributed by atoms with Crippen molar-refractivity contribution < 1.29 is 17.4 Å². The van der Waals surface area contributed by atoms with Gasteiger partial charge in [0.25, 0.3) is 0 Å². The highest BCUT2D eigenvalue weighted by atomic mass is 79.9. The molecule has 1 atom stereocenters. The van der Waals surface area contributed by atoms with E-state index >= 15 is 0 Å². The third-order valence-electron chi connectivity index (χ3n) is 2.52. The Labute approximate surface area is 97.9 Å². The Kier molecular flexibility index (Phi) is 5.05. The summed E-state index contributed by atoms with van der Waals surface area (Å²) in [7, 11) is -2.82. The van der Waals surface area contributed by atoms with E-state index < -0.39 is 16.5 Å². The highest BCUT2D eigenvalue weighted by molar-refractivity contribution is 9.09. The third kappa shape index (κ3) is 4.03. The van der Waals surface area contributed by atoms with E-state index in [0.717, 1.165) is 16.1 Å². The minimum absolute atomic E-state index is 0.282. The first-order valence-electron chi connectivity index (χ1n) is 4.74. The number of halogens is 4. The average Bonchev–Trinajstić information content (AvgIpc) is 2.17. The normalized spacial score (nSPS) is 22.9. The van der Waals surface area contributed by atoms with Crippen LogP contribution in [0.15, 0.2) is 0 Å². The van der Waals surface area contributed by atoms with Crippen LogP contribution in [0.2, 0.25) is 0 Å². The minimum atomic E-state index is -4.61. The van der Waals surface area contributed by atoms with Crippen molar-refractivity contribution in [2.75, 3.05) is 18.4 Å². The van der Waals surface area contributed by atoms with Gasteiger partial charge in [0.2, 0.25) is 11.0 Å². The van der Waals surface area contributed by atoms with Gasteiger partial charge in [-0.1, -0.05) is 15.9 Å². The van der Waals surface area contributed by atoms with Gasteiger partial charge in [0.1, 0.15) is 0 Å².